The summed E-state index contributed by atoms with van der Waals surface area (Å²) in [5.41, 5.74) is 10.7. The zero-order valence-electron chi connectivity index (χ0n) is 6.26. The summed E-state index contributed by atoms with van der Waals surface area (Å²) in [6.07, 6.45) is 3.20. The summed E-state index contributed by atoms with van der Waals surface area (Å²) in [7, 11) is 0. The third-order valence-electron chi connectivity index (χ3n) is 1.12. The molecule has 0 heterocycles. The van der Waals surface area contributed by atoms with Gasteiger partial charge in [-0.05, 0) is 6.42 Å². The molecule has 0 aromatic heterocycles. The Morgan fingerprint density at radius 3 is 2.70 bits per heavy atom. The summed E-state index contributed by atoms with van der Waals surface area (Å²) in [5.74, 6) is 0. The highest BCUT2D eigenvalue weighted by Gasteiger charge is 2.02. The second-order valence-corrected chi connectivity index (χ2v) is 3.44. The van der Waals surface area contributed by atoms with Gasteiger partial charge in [0, 0.05) is 0 Å². The Hall–Kier alpha value is -0.220. The molecular formula is C6H15N3S. The highest BCUT2D eigenvalue weighted by atomic mass is 32.2. The summed E-state index contributed by atoms with van der Waals surface area (Å²) in [4.78, 5) is 0. The molecular weight excluding hydrogens is 146 g/mol. The van der Waals surface area contributed by atoms with E-state index in [1.165, 1.54) is 11.8 Å². The van der Waals surface area contributed by atoms with Crippen molar-refractivity contribution >= 4 is 16.9 Å². The second-order valence-electron chi connectivity index (χ2n) is 2.16. The topological polar surface area (TPSA) is 75.9 Å². The van der Waals surface area contributed by atoms with Gasteiger partial charge in [-0.25, -0.2) is 0 Å². The minimum absolute atomic E-state index is 0.0115. The first kappa shape index (κ1) is 9.78. The van der Waals surface area contributed by atoms with Crippen LogP contribution in [0.2, 0.25) is 0 Å². The fourth-order valence-corrected chi connectivity index (χ4v) is 1.24. The molecule has 0 aliphatic carbocycles. The molecule has 0 aromatic rings. The number of unbranched alkanes of at least 4 members (excludes halogenated alkanes) is 1. The average molecular weight is 161 g/mol. The Labute approximate surface area is 66.1 Å². The van der Waals surface area contributed by atoms with E-state index in [1.54, 1.807) is 0 Å². The highest BCUT2D eigenvalue weighted by Crippen LogP contribution is 2.10. The third-order valence-corrected chi connectivity index (χ3v) is 1.91. The van der Waals surface area contributed by atoms with Crippen molar-refractivity contribution in [3.8, 4) is 0 Å². The first-order chi connectivity index (χ1) is 4.66. The molecule has 0 aliphatic rings. The number of rotatable bonds is 4. The molecule has 0 radical (unpaired) electrons. The monoisotopic (exact) mass is 161 g/mol. The number of hydrogen-bond donors (Lipinski definition) is 3. The number of nitrogens with two attached hydrogens (primary N) is 2. The van der Waals surface area contributed by atoms with E-state index < -0.39 is 0 Å². The molecule has 3 nitrogen and oxygen atoms in total. The van der Waals surface area contributed by atoms with E-state index in [2.05, 4.69) is 6.92 Å². The first-order valence-corrected chi connectivity index (χ1v) is 4.31. The van der Waals surface area contributed by atoms with E-state index in [4.69, 9.17) is 16.9 Å². The van der Waals surface area contributed by atoms with Gasteiger partial charge in [0.25, 0.3) is 0 Å². The van der Waals surface area contributed by atoms with E-state index in [9.17, 15) is 0 Å². The zero-order chi connectivity index (χ0) is 7.98. The third kappa shape index (κ3) is 5.91. The maximum Gasteiger partial charge on any atom is 0.152 e. The van der Waals surface area contributed by atoms with Crippen molar-refractivity contribution in [2.24, 2.45) is 11.5 Å². The van der Waals surface area contributed by atoms with Crippen molar-refractivity contribution in [1.29, 1.82) is 5.41 Å². The molecule has 60 valence electrons. The number of nitrogens with one attached hydrogen (secondary N) is 1. The van der Waals surface area contributed by atoms with Gasteiger partial charge >= 0.3 is 0 Å². The van der Waals surface area contributed by atoms with Gasteiger partial charge in [0.1, 0.15) is 0 Å². The number of amidine groups is 1. The largest absolute Gasteiger partial charge is 0.379 e. The smallest absolute Gasteiger partial charge is 0.152 e. The minimum atomic E-state index is 0.0115. The van der Waals surface area contributed by atoms with E-state index >= 15 is 0 Å². The second kappa shape index (κ2) is 5.56. The molecule has 5 N–H and O–H groups in total. The maximum atomic E-state index is 6.92. The van der Waals surface area contributed by atoms with E-state index in [0.29, 0.717) is 0 Å². The van der Waals surface area contributed by atoms with Gasteiger partial charge in [-0.1, -0.05) is 31.5 Å². The molecule has 0 saturated heterocycles. The van der Waals surface area contributed by atoms with Crippen LogP contribution in [-0.4, -0.2) is 10.5 Å². The van der Waals surface area contributed by atoms with Gasteiger partial charge in [-0.3, -0.25) is 5.41 Å². The van der Waals surface area contributed by atoms with Gasteiger partial charge < -0.3 is 11.5 Å². The number of thioether (sulfide) groups is 1. The molecule has 0 amide bonds. The molecule has 0 saturated carbocycles. The maximum absolute atomic E-state index is 6.92. The van der Waals surface area contributed by atoms with Crippen LogP contribution in [0.25, 0.3) is 0 Å². The number of hydrogen-bond acceptors (Lipinski definition) is 3. The summed E-state index contributed by atoms with van der Waals surface area (Å²) < 4.78 is 0. The van der Waals surface area contributed by atoms with Crippen molar-refractivity contribution in [2.75, 3.05) is 0 Å². The molecule has 1 unspecified atom stereocenters. The first-order valence-electron chi connectivity index (χ1n) is 3.43. The lowest BCUT2D eigenvalue weighted by molar-refractivity contribution is 0.700. The zero-order valence-corrected chi connectivity index (χ0v) is 7.08. The van der Waals surface area contributed by atoms with Crippen molar-refractivity contribution < 1.29 is 0 Å². The van der Waals surface area contributed by atoms with Gasteiger partial charge in [0.05, 0.1) is 5.37 Å². The molecule has 4 heteroatoms. The van der Waals surface area contributed by atoms with Crippen LogP contribution >= 0.6 is 11.8 Å². The average Bonchev–Trinajstić information content (AvgIpc) is 1.82. The lowest BCUT2D eigenvalue weighted by Crippen LogP contribution is -2.20. The van der Waals surface area contributed by atoms with E-state index in [1.807, 2.05) is 0 Å². The lowest BCUT2D eigenvalue weighted by atomic mass is 10.2. The van der Waals surface area contributed by atoms with Crippen LogP contribution in [0.5, 0.6) is 0 Å². The van der Waals surface area contributed by atoms with E-state index in [0.717, 1.165) is 19.3 Å². The van der Waals surface area contributed by atoms with Crippen LogP contribution in [0.15, 0.2) is 0 Å². The van der Waals surface area contributed by atoms with Crippen LogP contribution in [0.1, 0.15) is 26.2 Å². The fraction of sp³-hybridized carbons (Fsp3) is 0.833. The SMILES string of the molecule is CCCCC(N)SC(=N)N. The van der Waals surface area contributed by atoms with E-state index in [-0.39, 0.29) is 10.5 Å². The molecule has 10 heavy (non-hydrogen) atoms. The molecule has 0 aliphatic heterocycles. The Morgan fingerprint density at radius 2 is 2.30 bits per heavy atom. The quantitative estimate of drug-likeness (QED) is 0.328. The normalized spacial score (nSPS) is 13.0. The molecule has 0 aromatic carbocycles. The highest BCUT2D eigenvalue weighted by molar-refractivity contribution is 8.14. The van der Waals surface area contributed by atoms with Gasteiger partial charge in [0.15, 0.2) is 5.17 Å². The van der Waals surface area contributed by atoms with Crippen LogP contribution in [0.3, 0.4) is 0 Å². The van der Waals surface area contributed by atoms with Gasteiger partial charge in [-0.2, -0.15) is 0 Å². The molecule has 0 rings (SSSR count). The van der Waals surface area contributed by atoms with Crippen molar-refractivity contribution in [3.05, 3.63) is 0 Å². The fourth-order valence-electron chi connectivity index (χ4n) is 0.627. The van der Waals surface area contributed by atoms with Crippen LogP contribution in [0.4, 0.5) is 0 Å². The molecule has 0 spiro atoms. The molecule has 0 fully saturated rings. The standard InChI is InChI=1S/C6H15N3S/c1-2-3-4-5(7)10-6(8)9/h5H,2-4,7H2,1H3,(H3,8,9). The Bertz CT molecular complexity index is 105. The summed E-state index contributed by atoms with van der Waals surface area (Å²) in [6, 6.07) is 0. The van der Waals surface area contributed by atoms with Crippen molar-refractivity contribution in [3.63, 3.8) is 0 Å². The van der Waals surface area contributed by atoms with Crippen LogP contribution in [0, 0.1) is 5.41 Å². The Morgan fingerprint density at radius 1 is 1.70 bits per heavy atom. The van der Waals surface area contributed by atoms with Gasteiger partial charge in [-0.15, -0.1) is 0 Å². The summed E-state index contributed by atoms with van der Waals surface area (Å²) in [6.45, 7) is 2.12. The van der Waals surface area contributed by atoms with Gasteiger partial charge in [0.2, 0.25) is 0 Å². The Kier molecular flexibility index (Phi) is 5.43. The van der Waals surface area contributed by atoms with Crippen LogP contribution < -0.4 is 11.5 Å². The molecule has 1 atom stereocenters. The summed E-state index contributed by atoms with van der Waals surface area (Å²) in [5, 5.41) is 7.05. The minimum Gasteiger partial charge on any atom is -0.379 e. The molecule has 0 bridgehead atoms. The predicted molar refractivity (Wildman–Crippen MR) is 47.0 cm³/mol. The predicted octanol–water partition coefficient (Wildman–Crippen LogP) is 1.09. The van der Waals surface area contributed by atoms with Crippen LogP contribution in [-0.2, 0) is 0 Å². The van der Waals surface area contributed by atoms with Crippen molar-refractivity contribution in [1.82, 2.24) is 0 Å². The summed E-state index contributed by atoms with van der Waals surface area (Å²) >= 11 is 1.23. The van der Waals surface area contributed by atoms with Crippen molar-refractivity contribution in [2.45, 2.75) is 31.6 Å². The Balaban J connectivity index is 3.25. The lowest BCUT2D eigenvalue weighted by Gasteiger charge is -2.07.